The number of allylic oxidation sites excluding steroid dienone is 4. The monoisotopic (exact) mass is 701 g/mol. The zero-order valence-electron chi connectivity index (χ0n) is 11.1. The van der Waals surface area contributed by atoms with Gasteiger partial charge >= 0.3 is 0 Å². The summed E-state index contributed by atoms with van der Waals surface area (Å²) in [6.45, 7) is 2.03. The first-order valence-corrected chi connectivity index (χ1v) is 4.49. The van der Waals surface area contributed by atoms with Crippen LogP contribution in [0.25, 0.3) is 5.57 Å². The second-order valence-electron chi connectivity index (χ2n) is 3.01. The van der Waals surface area contributed by atoms with E-state index in [2.05, 4.69) is 48.9 Å². The van der Waals surface area contributed by atoms with E-state index in [1.54, 1.807) is 0 Å². The minimum Gasteiger partial charge on any atom is -0.412 e. The van der Waals surface area contributed by atoms with Crippen LogP contribution in [0.1, 0.15) is 24.5 Å². The molecule has 1 aromatic rings. The molecule has 1 aliphatic rings. The fourth-order valence-corrected chi connectivity index (χ4v) is 1.40. The summed E-state index contributed by atoms with van der Waals surface area (Å²) in [6, 6.07) is 9.52. The largest absolute Gasteiger partial charge is 0.412 e. The van der Waals surface area contributed by atoms with Crippen LogP contribution in [0.2, 0.25) is 0 Å². The van der Waals surface area contributed by atoms with Crippen LogP contribution in [0.4, 0.5) is 0 Å². The first-order valence-electron chi connectivity index (χ1n) is 4.49. The Labute approximate surface area is 268 Å². The van der Waals surface area contributed by atoms with Gasteiger partial charge < -0.3 is 18.1 Å². The maximum absolute atomic E-state index is 3.33. The minimum atomic E-state index is 0. The number of hydrogen-bond acceptors (Lipinski definition) is 0. The topological polar surface area (TPSA) is 0 Å². The number of hydrogen-bond donors (Lipinski definition) is 0. The van der Waals surface area contributed by atoms with Crippen molar-refractivity contribution in [1.82, 2.24) is 0 Å². The molecule has 0 fully saturated rings. The van der Waals surface area contributed by atoms with E-state index in [-0.39, 0.29) is 196 Å². The molecule has 0 aliphatic heterocycles. The van der Waals surface area contributed by atoms with Gasteiger partial charge in [-0.2, -0.15) is 24.3 Å². The molecule has 0 heterocycles. The summed E-state index contributed by atoms with van der Waals surface area (Å²) in [7, 11) is 0. The van der Waals surface area contributed by atoms with Crippen LogP contribution in [-0.4, -0.2) is 0 Å². The van der Waals surface area contributed by atoms with E-state index in [1.165, 1.54) is 5.57 Å². The Kier molecular flexibility index (Phi) is 39.5. The van der Waals surface area contributed by atoms with Gasteiger partial charge in [0.2, 0.25) is 0 Å². The number of rotatable bonds is 2. The molecule has 1 aromatic carbocycles. The van der Waals surface area contributed by atoms with Crippen molar-refractivity contribution in [2.75, 3.05) is 0 Å². The maximum Gasteiger partial charge on any atom is 0 e. The third-order valence-corrected chi connectivity index (χ3v) is 2.11. The van der Waals surface area contributed by atoms with Gasteiger partial charge in [-0.05, 0) is 0 Å². The smallest absolute Gasteiger partial charge is 0 e. The van der Waals surface area contributed by atoms with Crippen LogP contribution in [0.5, 0.6) is 0 Å². The molecule has 0 amide bonds. The third-order valence-electron chi connectivity index (χ3n) is 2.11. The summed E-state index contributed by atoms with van der Waals surface area (Å²) in [6.07, 6.45) is 10.5. The summed E-state index contributed by atoms with van der Waals surface area (Å²) in [5.74, 6) is 0. The molecule has 19 heavy (non-hydrogen) atoms. The Bertz CT molecular complexity index is 373. The van der Waals surface area contributed by atoms with Gasteiger partial charge in [0.1, 0.15) is 0 Å². The Balaban J connectivity index is -0.000000109. The van der Waals surface area contributed by atoms with Gasteiger partial charge in [-0.15, -0.1) is 13.0 Å². The molecule has 2 rings (SSSR count). The summed E-state index contributed by atoms with van der Waals surface area (Å²) in [5.41, 5.74) is 3.46. The van der Waals surface area contributed by atoms with Crippen LogP contribution >= 0.6 is 0 Å². The molecule has 6 radical (unpaired) electrons. The fraction of sp³-hybridized carbons (Fsp3) is 0.154. The molecule has 0 saturated heterocycles. The predicted molar refractivity (Wildman–Crippen MR) is 54.8 cm³/mol. The fourth-order valence-electron chi connectivity index (χ4n) is 1.40. The van der Waals surface area contributed by atoms with Crippen LogP contribution in [-0.2, 0) is 196 Å². The molecule has 6 heteroatoms. The first kappa shape index (κ1) is 35.3. The normalized spacial score (nSPS) is 9.84. The Morgan fingerprint density at radius 1 is 1.00 bits per heavy atom. The van der Waals surface area contributed by atoms with Crippen molar-refractivity contribution in [1.29, 1.82) is 0 Å². The predicted octanol–water partition coefficient (Wildman–Crippen LogP) is 3.19. The summed E-state index contributed by atoms with van der Waals surface area (Å²) in [5, 5.41) is 0. The van der Waals surface area contributed by atoms with Gasteiger partial charge in [0.25, 0.3) is 0 Å². The standard InChI is InChI=1S/C13H11.6Y/c1-2-11-6-5-9-13(10-11)12-7-3-4-8-12;;;;;;/h2-3,5-7,9H,4H2,1H3;;;;;;/q-3;;;;;;. The quantitative estimate of drug-likeness (QED) is 0.417. The van der Waals surface area contributed by atoms with Crippen LogP contribution in [0, 0.1) is 18.6 Å². The molecule has 0 unspecified atom stereocenters. The maximum atomic E-state index is 3.33. The zero-order chi connectivity index (χ0) is 9.10. The molecule has 0 atom stereocenters. The van der Waals surface area contributed by atoms with E-state index in [9.17, 15) is 0 Å². The van der Waals surface area contributed by atoms with Gasteiger partial charge in [-0.3, -0.25) is 11.6 Å². The Hall–Kier alpha value is 5.19. The second-order valence-corrected chi connectivity index (χ2v) is 3.01. The molecule has 0 aromatic heterocycles. The summed E-state index contributed by atoms with van der Waals surface area (Å²) in [4.78, 5) is 0. The van der Waals surface area contributed by atoms with Crippen molar-refractivity contribution in [3.05, 3.63) is 60.0 Å². The molecule has 0 nitrogen and oxygen atoms in total. The van der Waals surface area contributed by atoms with Crippen molar-refractivity contribution in [2.45, 2.75) is 13.3 Å². The van der Waals surface area contributed by atoms with Gasteiger partial charge in [0.15, 0.2) is 0 Å². The molecular formula is C13H11Y6-3. The summed E-state index contributed by atoms with van der Waals surface area (Å²) < 4.78 is 0. The SMILES string of the molecule is C[CH-]c1[c-]c(C2=[C-]CC=C2)ccc1.[Y].[Y].[Y].[Y].[Y].[Y]. The van der Waals surface area contributed by atoms with Crippen LogP contribution < -0.4 is 0 Å². The third kappa shape index (κ3) is 13.1. The Morgan fingerprint density at radius 2 is 1.63 bits per heavy atom. The molecule has 0 bridgehead atoms. The summed E-state index contributed by atoms with van der Waals surface area (Å²) >= 11 is 0. The molecule has 0 N–H and O–H groups in total. The number of benzene rings is 1. The minimum absolute atomic E-state index is 0. The van der Waals surface area contributed by atoms with Gasteiger partial charge in [0, 0.05) is 196 Å². The van der Waals surface area contributed by atoms with E-state index >= 15 is 0 Å². The zero-order valence-corrected chi connectivity index (χ0v) is 28.2. The van der Waals surface area contributed by atoms with Crippen LogP contribution in [0.15, 0.2) is 30.4 Å². The molecule has 0 spiro atoms. The second kappa shape index (κ2) is 21.2. The van der Waals surface area contributed by atoms with E-state index in [0.717, 1.165) is 17.5 Å². The van der Waals surface area contributed by atoms with Crippen LogP contribution in [0.3, 0.4) is 0 Å². The van der Waals surface area contributed by atoms with Crippen molar-refractivity contribution in [3.8, 4) is 0 Å². The molecular weight excluding hydrogens is 690 g/mol. The van der Waals surface area contributed by atoms with E-state index in [4.69, 9.17) is 0 Å². The van der Waals surface area contributed by atoms with Crippen molar-refractivity contribution < 1.29 is 196 Å². The van der Waals surface area contributed by atoms with Crippen molar-refractivity contribution in [3.63, 3.8) is 0 Å². The van der Waals surface area contributed by atoms with Gasteiger partial charge in [0.05, 0.1) is 0 Å². The van der Waals surface area contributed by atoms with Gasteiger partial charge in [-0.25, -0.2) is 5.57 Å². The average molecular weight is 701 g/mol. The average Bonchev–Trinajstić information content (AvgIpc) is 2.71. The Morgan fingerprint density at radius 3 is 2.11 bits per heavy atom. The van der Waals surface area contributed by atoms with E-state index in [0.29, 0.717) is 0 Å². The van der Waals surface area contributed by atoms with E-state index < -0.39 is 0 Å². The van der Waals surface area contributed by atoms with Crippen molar-refractivity contribution >= 4 is 5.57 Å². The van der Waals surface area contributed by atoms with Crippen molar-refractivity contribution in [2.24, 2.45) is 0 Å². The molecule has 0 saturated carbocycles. The van der Waals surface area contributed by atoms with Gasteiger partial charge in [-0.1, -0.05) is 6.42 Å². The molecule has 1 aliphatic carbocycles. The van der Waals surface area contributed by atoms with E-state index in [1.807, 2.05) is 6.92 Å². The molecule has 84 valence electrons. The first-order chi connectivity index (χ1) is 6.40.